The molecular formula is C32H38BrN5O7. The fraction of sp³-hybridized carbons (Fsp3) is 0.406. The Morgan fingerprint density at radius 1 is 1.11 bits per heavy atom. The second-order valence-corrected chi connectivity index (χ2v) is 13.1. The number of nitrogens with one attached hydrogen (secondary N) is 2. The van der Waals surface area contributed by atoms with E-state index in [4.69, 9.17) is 24.9 Å². The molecule has 2 heterocycles. The van der Waals surface area contributed by atoms with Gasteiger partial charge in [0.25, 0.3) is 0 Å². The Morgan fingerprint density at radius 2 is 1.82 bits per heavy atom. The van der Waals surface area contributed by atoms with E-state index in [2.05, 4.69) is 26.6 Å². The van der Waals surface area contributed by atoms with E-state index in [0.29, 0.717) is 28.1 Å². The number of likely N-dealkylation sites (tertiary alicyclic amines) is 1. The molecule has 0 radical (unpaired) electrons. The smallest absolute Gasteiger partial charge is 0.408 e. The minimum absolute atomic E-state index is 0.00235. The van der Waals surface area contributed by atoms with Gasteiger partial charge in [0.1, 0.15) is 35.3 Å². The number of rotatable bonds is 10. The first kappa shape index (κ1) is 33.5. The molecule has 1 saturated heterocycles. The zero-order valence-corrected chi connectivity index (χ0v) is 27.4. The molecule has 4 rings (SSSR count). The number of pyridine rings is 1. The molecule has 0 saturated carbocycles. The van der Waals surface area contributed by atoms with Crippen LogP contribution in [0.1, 0.15) is 34.1 Å². The molecule has 240 valence electrons. The van der Waals surface area contributed by atoms with E-state index in [1.807, 2.05) is 42.5 Å². The van der Waals surface area contributed by atoms with E-state index in [9.17, 15) is 19.2 Å². The van der Waals surface area contributed by atoms with E-state index in [1.165, 1.54) is 4.90 Å². The van der Waals surface area contributed by atoms with Crippen molar-refractivity contribution in [2.75, 3.05) is 20.2 Å². The van der Waals surface area contributed by atoms with Gasteiger partial charge in [0.15, 0.2) is 0 Å². The Hall–Kier alpha value is -4.39. The molecule has 1 fully saturated rings. The lowest BCUT2D eigenvalue weighted by molar-refractivity contribution is -0.139. The normalized spacial score (nSPS) is 17.7. The largest absolute Gasteiger partial charge is 0.497 e. The number of ether oxygens (including phenoxy) is 3. The molecule has 4 N–H and O–H groups in total. The van der Waals surface area contributed by atoms with Crippen molar-refractivity contribution >= 4 is 50.6 Å². The van der Waals surface area contributed by atoms with Crippen LogP contribution in [0, 0.1) is 0 Å². The summed E-state index contributed by atoms with van der Waals surface area (Å²) in [5, 5.41) is 5.88. The second-order valence-electron chi connectivity index (χ2n) is 11.7. The first-order valence-electron chi connectivity index (χ1n) is 14.5. The number of fused-ring (bicyclic) bond motifs is 1. The Morgan fingerprint density at radius 3 is 2.44 bits per heavy atom. The minimum Gasteiger partial charge on any atom is -0.497 e. The van der Waals surface area contributed by atoms with Crippen LogP contribution in [0.5, 0.6) is 11.5 Å². The van der Waals surface area contributed by atoms with E-state index in [1.54, 1.807) is 46.9 Å². The Kier molecular flexibility index (Phi) is 10.5. The summed E-state index contributed by atoms with van der Waals surface area (Å²) >= 11 is 3.19. The molecule has 45 heavy (non-hydrogen) atoms. The van der Waals surface area contributed by atoms with Crippen LogP contribution in [0.3, 0.4) is 0 Å². The number of carbonyl (C=O) groups excluding carboxylic acids is 4. The van der Waals surface area contributed by atoms with Crippen molar-refractivity contribution in [1.29, 1.82) is 0 Å². The maximum Gasteiger partial charge on any atom is 0.408 e. The van der Waals surface area contributed by atoms with Gasteiger partial charge in [-0.15, -0.1) is 0 Å². The number of alkyl carbamates (subject to hydrolysis) is 1. The highest BCUT2D eigenvalue weighted by Gasteiger charge is 2.43. The number of primary amides is 1. The Bertz CT molecular complexity index is 1560. The van der Waals surface area contributed by atoms with Gasteiger partial charge in [-0.1, -0.05) is 46.3 Å². The summed E-state index contributed by atoms with van der Waals surface area (Å²) < 4.78 is 17.2. The molecular weight excluding hydrogens is 646 g/mol. The molecule has 4 amide bonds. The quantitative estimate of drug-likeness (QED) is 0.273. The molecule has 0 aliphatic carbocycles. The highest BCUT2D eigenvalue weighted by atomic mass is 79.9. The van der Waals surface area contributed by atoms with Gasteiger partial charge in [-0.3, -0.25) is 14.4 Å². The summed E-state index contributed by atoms with van der Waals surface area (Å²) in [6.07, 6.45) is -1.36. The average Bonchev–Trinajstić information content (AvgIpc) is 3.42. The molecule has 4 atom stereocenters. The lowest BCUT2D eigenvalue weighted by Gasteiger charge is -2.29. The minimum atomic E-state index is -1.24. The lowest BCUT2D eigenvalue weighted by atomic mass is 10.1. The summed E-state index contributed by atoms with van der Waals surface area (Å²) in [4.78, 5) is 56.9. The SMILES string of the molecule is COc1ccc2c(O[C@@H]3C[C@@H](C(N)=O)N(C(=O)[C@H](CNC(=O)[C@@H](C)Br)NC(=O)OC(C)(C)C)C3)cc(-c3ccccc3)nc2c1. The number of amides is 4. The Balaban J connectivity index is 1.62. The number of aromatic nitrogens is 1. The number of nitrogens with zero attached hydrogens (tertiary/aromatic N) is 2. The number of nitrogens with two attached hydrogens (primary N) is 1. The van der Waals surface area contributed by atoms with Crippen LogP contribution >= 0.6 is 15.9 Å². The van der Waals surface area contributed by atoms with Gasteiger partial charge in [-0.25, -0.2) is 9.78 Å². The number of carbonyl (C=O) groups is 4. The highest BCUT2D eigenvalue weighted by molar-refractivity contribution is 9.10. The molecule has 1 aliphatic heterocycles. The molecule has 0 bridgehead atoms. The first-order valence-corrected chi connectivity index (χ1v) is 15.4. The van der Waals surface area contributed by atoms with Crippen molar-refractivity contribution in [3.63, 3.8) is 0 Å². The summed E-state index contributed by atoms with van der Waals surface area (Å²) in [5.41, 5.74) is 7.11. The van der Waals surface area contributed by atoms with Crippen LogP contribution in [0.2, 0.25) is 0 Å². The van der Waals surface area contributed by atoms with E-state index in [-0.39, 0.29) is 25.4 Å². The zero-order valence-electron chi connectivity index (χ0n) is 25.8. The zero-order chi connectivity index (χ0) is 32.9. The average molecular weight is 685 g/mol. The van der Waals surface area contributed by atoms with Gasteiger partial charge in [0, 0.05) is 36.0 Å². The molecule has 1 aliphatic rings. The maximum atomic E-state index is 13.9. The van der Waals surface area contributed by atoms with Gasteiger partial charge in [-0.2, -0.15) is 0 Å². The molecule has 0 spiro atoms. The highest BCUT2D eigenvalue weighted by Crippen LogP contribution is 2.34. The number of methoxy groups -OCH3 is 1. The van der Waals surface area contributed by atoms with Crippen LogP contribution in [0.4, 0.5) is 4.79 Å². The van der Waals surface area contributed by atoms with Crippen molar-refractivity contribution in [2.24, 2.45) is 5.73 Å². The first-order chi connectivity index (χ1) is 21.3. The van der Waals surface area contributed by atoms with Gasteiger partial charge in [0.2, 0.25) is 17.7 Å². The summed E-state index contributed by atoms with van der Waals surface area (Å²) in [6, 6.07) is 14.6. The van der Waals surface area contributed by atoms with Crippen LogP contribution in [0.15, 0.2) is 54.6 Å². The van der Waals surface area contributed by atoms with E-state index >= 15 is 0 Å². The third-order valence-corrected chi connectivity index (χ3v) is 7.46. The van der Waals surface area contributed by atoms with Gasteiger partial charge in [-0.05, 0) is 39.8 Å². The van der Waals surface area contributed by atoms with Crippen molar-refractivity contribution in [1.82, 2.24) is 20.5 Å². The predicted octanol–water partition coefficient (Wildman–Crippen LogP) is 3.54. The molecule has 0 unspecified atom stereocenters. The number of hydrogen-bond acceptors (Lipinski definition) is 8. The van der Waals surface area contributed by atoms with Crippen molar-refractivity contribution in [3.8, 4) is 22.8 Å². The van der Waals surface area contributed by atoms with Crippen molar-refractivity contribution in [2.45, 2.75) is 62.7 Å². The summed E-state index contributed by atoms with van der Waals surface area (Å²) in [6.45, 7) is 6.45. The third-order valence-electron chi connectivity index (χ3n) is 7.05. The van der Waals surface area contributed by atoms with Gasteiger partial charge >= 0.3 is 6.09 Å². The lowest BCUT2D eigenvalue weighted by Crippen LogP contribution is -2.57. The molecule has 1 aromatic heterocycles. The van der Waals surface area contributed by atoms with E-state index < -0.39 is 46.5 Å². The van der Waals surface area contributed by atoms with Crippen LogP contribution in [0.25, 0.3) is 22.2 Å². The van der Waals surface area contributed by atoms with Crippen molar-refractivity contribution in [3.05, 3.63) is 54.6 Å². The third kappa shape index (κ3) is 8.62. The van der Waals surface area contributed by atoms with Gasteiger partial charge < -0.3 is 35.5 Å². The fourth-order valence-electron chi connectivity index (χ4n) is 4.93. The second kappa shape index (κ2) is 14.1. The standard InChI is InChI=1S/C32H38BrN5O7/c1-18(33)29(40)35-16-25(37-31(42)45-32(2,3)4)30(41)38-17-21(14-26(38)28(34)39)44-27-15-23(19-9-7-6-8-10-19)36-24-13-20(43-5)11-12-22(24)27/h6-13,15,18,21,25-26H,14,16-17H2,1-5H3,(H2,34,39)(H,35,40)(H,37,42)/t18-,21-,25+,26+/m1/s1. The van der Waals surface area contributed by atoms with Crippen LogP contribution in [-0.4, -0.2) is 82.5 Å². The van der Waals surface area contributed by atoms with E-state index in [0.717, 1.165) is 5.56 Å². The Labute approximate surface area is 270 Å². The predicted molar refractivity (Wildman–Crippen MR) is 172 cm³/mol. The van der Waals surface area contributed by atoms with Crippen LogP contribution < -0.4 is 25.8 Å². The molecule has 12 nitrogen and oxygen atoms in total. The molecule has 13 heteroatoms. The number of alkyl halides is 1. The van der Waals surface area contributed by atoms with Crippen LogP contribution in [-0.2, 0) is 19.1 Å². The summed E-state index contributed by atoms with van der Waals surface area (Å²) in [7, 11) is 1.57. The fourth-order valence-corrected chi connectivity index (χ4v) is 5.09. The van der Waals surface area contributed by atoms with Crippen molar-refractivity contribution < 1.29 is 33.4 Å². The number of hydrogen-bond donors (Lipinski definition) is 3. The monoisotopic (exact) mass is 683 g/mol. The molecule has 2 aromatic carbocycles. The summed E-state index contributed by atoms with van der Waals surface area (Å²) in [5.74, 6) is -0.595. The maximum absolute atomic E-state index is 13.9. The topological polar surface area (TPSA) is 162 Å². The van der Waals surface area contributed by atoms with Gasteiger partial charge in [0.05, 0.1) is 29.7 Å². The molecule has 3 aromatic rings. The number of benzene rings is 2. The number of halogens is 1.